The van der Waals surface area contributed by atoms with E-state index in [2.05, 4.69) is 10.3 Å². The minimum atomic E-state index is -1.04. The van der Waals surface area contributed by atoms with Gasteiger partial charge in [-0.05, 0) is 13.3 Å². The zero-order valence-corrected chi connectivity index (χ0v) is 14.9. The summed E-state index contributed by atoms with van der Waals surface area (Å²) in [6.07, 6.45) is 0.394. The number of rotatable bonds is 4. The van der Waals surface area contributed by atoms with Crippen LogP contribution in [0.5, 0.6) is 0 Å². The molecule has 1 N–H and O–H groups in total. The van der Waals surface area contributed by atoms with E-state index >= 15 is 0 Å². The molecular weight excluding hydrogens is 355 g/mol. The molecule has 1 aliphatic rings. The molecule has 1 atom stereocenters. The molecule has 7 heteroatoms. The number of Topliss-reactive ketones (excluding diaryl/α,β-unsaturated/α-hetero) is 1. The lowest BCUT2D eigenvalue weighted by atomic mass is 10.1. The second-order valence-electron chi connectivity index (χ2n) is 5.79. The lowest BCUT2D eigenvalue weighted by molar-refractivity contribution is -0.120. The number of alkyl halides is 2. The Morgan fingerprint density at radius 2 is 1.87 bits per heavy atom. The molecule has 1 aromatic carbocycles. The maximum absolute atomic E-state index is 12.3. The largest absolute Gasteiger partial charge is 0.301 e. The predicted octanol–water partition coefficient (Wildman–Crippen LogP) is 4.54. The van der Waals surface area contributed by atoms with Crippen LogP contribution in [0.15, 0.2) is 30.3 Å². The Morgan fingerprint density at radius 1 is 1.26 bits per heavy atom. The van der Waals surface area contributed by atoms with Crippen molar-refractivity contribution >= 4 is 51.4 Å². The fourth-order valence-electron chi connectivity index (χ4n) is 2.29. The number of hydrogen-bond acceptors (Lipinski definition) is 4. The molecule has 0 aliphatic heterocycles. The van der Waals surface area contributed by atoms with Gasteiger partial charge in [0.2, 0.25) is 5.91 Å². The van der Waals surface area contributed by atoms with Gasteiger partial charge in [-0.2, -0.15) is 0 Å². The van der Waals surface area contributed by atoms with Crippen LogP contribution in [-0.4, -0.2) is 21.0 Å². The highest BCUT2D eigenvalue weighted by Gasteiger charge is 2.68. The summed E-state index contributed by atoms with van der Waals surface area (Å²) in [7, 11) is 0. The number of nitrogens with one attached hydrogen (secondary N) is 1. The number of nitrogens with zero attached hydrogens (tertiary/aromatic N) is 1. The molecule has 3 rings (SSSR count). The summed E-state index contributed by atoms with van der Waals surface area (Å²) < 4.78 is -1.04. The van der Waals surface area contributed by atoms with Crippen LogP contribution in [0, 0.1) is 5.41 Å². The number of carbonyl (C=O) groups excluding carboxylic acids is 2. The number of benzene rings is 1. The van der Waals surface area contributed by atoms with Crippen LogP contribution in [0.4, 0.5) is 5.13 Å². The number of halogens is 2. The highest BCUT2D eigenvalue weighted by molar-refractivity contribution is 7.18. The van der Waals surface area contributed by atoms with Gasteiger partial charge in [0.15, 0.2) is 10.9 Å². The fourth-order valence-corrected chi connectivity index (χ4v) is 3.87. The molecule has 1 heterocycles. The third-order valence-corrected chi connectivity index (χ3v) is 6.15. The first-order valence-corrected chi connectivity index (χ1v) is 8.58. The molecular formula is C16H14Cl2N2O2S. The second-order valence-corrected chi connectivity index (χ2v) is 8.27. The molecule has 4 nitrogen and oxygen atoms in total. The van der Waals surface area contributed by atoms with Crippen molar-refractivity contribution in [3.8, 4) is 11.3 Å². The van der Waals surface area contributed by atoms with Gasteiger partial charge in [0, 0.05) is 12.5 Å². The van der Waals surface area contributed by atoms with Crippen molar-refractivity contribution in [2.75, 3.05) is 5.32 Å². The fraction of sp³-hybridized carbons (Fsp3) is 0.312. The van der Waals surface area contributed by atoms with Gasteiger partial charge < -0.3 is 5.32 Å². The van der Waals surface area contributed by atoms with E-state index in [1.54, 1.807) is 6.92 Å². The Hall–Kier alpha value is -1.43. The zero-order valence-electron chi connectivity index (χ0n) is 12.5. The smallest absolute Gasteiger partial charge is 0.235 e. The van der Waals surface area contributed by atoms with Crippen molar-refractivity contribution in [2.24, 2.45) is 5.41 Å². The third-order valence-electron chi connectivity index (χ3n) is 3.97. The van der Waals surface area contributed by atoms with Crippen molar-refractivity contribution in [3.63, 3.8) is 0 Å². The van der Waals surface area contributed by atoms with Crippen LogP contribution >= 0.6 is 34.5 Å². The highest BCUT2D eigenvalue weighted by Crippen LogP contribution is 2.64. The van der Waals surface area contributed by atoms with Crippen molar-refractivity contribution in [1.29, 1.82) is 0 Å². The summed E-state index contributed by atoms with van der Waals surface area (Å²) in [5.41, 5.74) is 0.573. The molecule has 2 aromatic rings. The first kappa shape index (κ1) is 16.4. The third kappa shape index (κ3) is 2.89. The van der Waals surface area contributed by atoms with Crippen LogP contribution in [0.3, 0.4) is 0 Å². The van der Waals surface area contributed by atoms with Gasteiger partial charge in [0.05, 0.1) is 16.0 Å². The van der Waals surface area contributed by atoms with Crippen LogP contribution < -0.4 is 5.32 Å². The number of carbonyl (C=O) groups is 2. The average molecular weight is 369 g/mol. The molecule has 120 valence electrons. The quantitative estimate of drug-likeness (QED) is 0.636. The van der Waals surface area contributed by atoms with Gasteiger partial charge in [-0.25, -0.2) is 4.98 Å². The maximum atomic E-state index is 12.3. The molecule has 1 aromatic heterocycles. The van der Waals surface area contributed by atoms with E-state index in [4.69, 9.17) is 23.2 Å². The lowest BCUT2D eigenvalue weighted by Crippen LogP contribution is -2.25. The SMILES string of the molecule is CC(=O)c1sc(NC(=O)[C@]2(C)CC2(Cl)Cl)nc1-c1ccccc1. The Balaban J connectivity index is 1.90. The summed E-state index contributed by atoms with van der Waals surface area (Å²) >= 11 is 13.2. The van der Waals surface area contributed by atoms with Gasteiger partial charge in [-0.15, -0.1) is 23.2 Å². The van der Waals surface area contributed by atoms with Crippen LogP contribution in [0.2, 0.25) is 0 Å². The molecule has 1 saturated carbocycles. The summed E-state index contributed by atoms with van der Waals surface area (Å²) in [6, 6.07) is 9.38. The van der Waals surface area contributed by atoms with E-state index < -0.39 is 9.75 Å². The molecule has 1 fully saturated rings. The standard InChI is InChI=1S/C16H14Cl2N2O2S/c1-9(21)12-11(10-6-4-3-5-7-10)19-14(23-12)20-13(22)15(2)8-16(15,17)18/h3-7H,8H2,1-2H3,(H,19,20,22)/t15-/m0/s1. The van der Waals surface area contributed by atoms with Crippen LogP contribution in [0.25, 0.3) is 11.3 Å². The number of hydrogen-bond donors (Lipinski definition) is 1. The molecule has 1 amide bonds. The summed E-state index contributed by atoms with van der Waals surface area (Å²) in [4.78, 5) is 29.1. The molecule has 0 saturated heterocycles. The van der Waals surface area contributed by atoms with E-state index in [-0.39, 0.29) is 11.7 Å². The Kier molecular flexibility index (Phi) is 3.99. The molecule has 0 spiro atoms. The number of amides is 1. The summed E-state index contributed by atoms with van der Waals surface area (Å²) in [5, 5.41) is 3.10. The van der Waals surface area contributed by atoms with Crippen molar-refractivity contribution in [3.05, 3.63) is 35.2 Å². The number of aromatic nitrogens is 1. The van der Waals surface area contributed by atoms with E-state index in [1.165, 1.54) is 6.92 Å². The first-order valence-electron chi connectivity index (χ1n) is 7.01. The van der Waals surface area contributed by atoms with Gasteiger partial charge in [-0.3, -0.25) is 9.59 Å². The van der Waals surface area contributed by atoms with Gasteiger partial charge >= 0.3 is 0 Å². The molecule has 1 aliphatic carbocycles. The van der Waals surface area contributed by atoms with Crippen molar-refractivity contribution in [2.45, 2.75) is 24.6 Å². The molecule has 0 radical (unpaired) electrons. The van der Waals surface area contributed by atoms with Crippen LogP contribution in [-0.2, 0) is 4.79 Å². The van der Waals surface area contributed by atoms with E-state index in [0.717, 1.165) is 16.9 Å². The molecule has 23 heavy (non-hydrogen) atoms. The van der Waals surface area contributed by atoms with Gasteiger partial charge in [0.1, 0.15) is 4.33 Å². The van der Waals surface area contributed by atoms with Crippen molar-refractivity contribution < 1.29 is 9.59 Å². The van der Waals surface area contributed by atoms with Crippen molar-refractivity contribution in [1.82, 2.24) is 4.98 Å². The Morgan fingerprint density at radius 3 is 2.39 bits per heavy atom. The molecule has 0 bridgehead atoms. The van der Waals surface area contributed by atoms with Gasteiger partial charge in [0.25, 0.3) is 0 Å². The lowest BCUT2D eigenvalue weighted by Gasteiger charge is -2.10. The van der Waals surface area contributed by atoms with E-state index in [9.17, 15) is 9.59 Å². The Bertz CT molecular complexity index is 789. The minimum Gasteiger partial charge on any atom is -0.301 e. The highest BCUT2D eigenvalue weighted by atomic mass is 35.5. The van der Waals surface area contributed by atoms with E-state index in [0.29, 0.717) is 22.1 Å². The topological polar surface area (TPSA) is 59.1 Å². The monoisotopic (exact) mass is 368 g/mol. The predicted molar refractivity (Wildman–Crippen MR) is 93.3 cm³/mol. The molecule has 0 unspecified atom stereocenters. The number of ketones is 1. The average Bonchev–Trinajstić information content (AvgIpc) is 2.85. The Labute approximate surface area is 147 Å². The number of thiazole rings is 1. The summed E-state index contributed by atoms with van der Waals surface area (Å²) in [6.45, 7) is 3.19. The first-order chi connectivity index (χ1) is 10.7. The number of anilines is 1. The maximum Gasteiger partial charge on any atom is 0.235 e. The van der Waals surface area contributed by atoms with Crippen LogP contribution in [0.1, 0.15) is 29.9 Å². The minimum absolute atomic E-state index is 0.0940. The van der Waals surface area contributed by atoms with E-state index in [1.807, 2.05) is 30.3 Å². The zero-order chi connectivity index (χ0) is 16.8. The normalized spacial score (nSPS) is 21.7. The van der Waals surface area contributed by atoms with Gasteiger partial charge in [-0.1, -0.05) is 41.7 Å². The second kappa shape index (κ2) is 5.58. The summed E-state index contributed by atoms with van der Waals surface area (Å²) in [5.74, 6) is -0.380.